The molecule has 0 bridgehead atoms. The first-order valence-corrected chi connectivity index (χ1v) is 9.18. The van der Waals surface area contributed by atoms with E-state index in [0.717, 1.165) is 17.9 Å². The summed E-state index contributed by atoms with van der Waals surface area (Å²) >= 11 is 1.74. The summed E-state index contributed by atoms with van der Waals surface area (Å²) in [4.78, 5) is 9.88. The lowest BCUT2D eigenvalue weighted by Gasteiger charge is -2.20. The molecule has 3 aromatic heterocycles. The molecule has 0 aliphatic heterocycles. The lowest BCUT2D eigenvalue weighted by molar-refractivity contribution is 0.877. The van der Waals surface area contributed by atoms with Gasteiger partial charge in [-0.1, -0.05) is 37.3 Å². The monoisotopic (exact) mass is 349 g/mol. The van der Waals surface area contributed by atoms with Gasteiger partial charge in [0, 0.05) is 16.6 Å². The van der Waals surface area contributed by atoms with Gasteiger partial charge in [0.25, 0.3) is 5.78 Å². The zero-order chi connectivity index (χ0) is 17.2. The van der Waals surface area contributed by atoms with Gasteiger partial charge in [0.05, 0.1) is 6.04 Å². The minimum absolute atomic E-state index is 0.0557. The van der Waals surface area contributed by atoms with Crippen molar-refractivity contribution in [2.75, 3.05) is 5.32 Å². The van der Waals surface area contributed by atoms with Crippen LogP contribution in [0.15, 0.2) is 54.2 Å². The Morgan fingerprint density at radius 3 is 2.76 bits per heavy atom. The van der Waals surface area contributed by atoms with Crippen LogP contribution in [-0.4, -0.2) is 19.6 Å². The standard InChI is InChI=1S/C19H19N5S/c1-3-14-6-8-15(9-7-14)18(16-5-4-10-25-16)23-17-11-13(2)22-19-20-12-21-24(17)19/h4-12,18,23H,3H2,1-2H3/t18-/m1/s1. The fraction of sp³-hybridized carbons (Fsp3) is 0.211. The predicted octanol–water partition coefficient (Wildman–Crippen LogP) is 4.26. The third-order valence-electron chi connectivity index (χ3n) is 4.22. The van der Waals surface area contributed by atoms with Crippen molar-refractivity contribution in [3.63, 3.8) is 0 Å². The summed E-state index contributed by atoms with van der Waals surface area (Å²) < 4.78 is 1.74. The molecule has 0 saturated heterocycles. The maximum absolute atomic E-state index is 4.41. The minimum Gasteiger partial charge on any atom is -0.358 e. The molecule has 25 heavy (non-hydrogen) atoms. The Bertz CT molecular complexity index is 973. The van der Waals surface area contributed by atoms with Gasteiger partial charge in [-0.05, 0) is 35.9 Å². The van der Waals surface area contributed by atoms with Gasteiger partial charge in [0.15, 0.2) is 0 Å². The summed E-state index contributed by atoms with van der Waals surface area (Å²) in [5.74, 6) is 1.49. The molecular weight excluding hydrogens is 330 g/mol. The molecule has 0 aliphatic rings. The summed E-state index contributed by atoms with van der Waals surface area (Å²) in [6.07, 6.45) is 2.57. The number of nitrogens with zero attached hydrogens (tertiary/aromatic N) is 4. The molecule has 3 heterocycles. The molecule has 126 valence electrons. The first-order chi connectivity index (χ1) is 12.2. The Kier molecular flexibility index (Phi) is 4.19. The molecule has 6 heteroatoms. The fourth-order valence-electron chi connectivity index (χ4n) is 2.90. The molecule has 1 aromatic carbocycles. The average Bonchev–Trinajstić information content (AvgIpc) is 3.31. The fourth-order valence-corrected chi connectivity index (χ4v) is 3.70. The van der Waals surface area contributed by atoms with Gasteiger partial charge in [-0.25, -0.2) is 4.98 Å². The van der Waals surface area contributed by atoms with Gasteiger partial charge in [-0.2, -0.15) is 14.6 Å². The highest BCUT2D eigenvalue weighted by Crippen LogP contribution is 2.30. The van der Waals surface area contributed by atoms with E-state index in [9.17, 15) is 0 Å². The number of thiophene rings is 1. The van der Waals surface area contributed by atoms with Crippen molar-refractivity contribution in [3.8, 4) is 0 Å². The van der Waals surface area contributed by atoms with Crippen LogP contribution in [0.3, 0.4) is 0 Å². The number of hydrogen-bond donors (Lipinski definition) is 1. The average molecular weight is 349 g/mol. The quantitative estimate of drug-likeness (QED) is 0.585. The predicted molar refractivity (Wildman–Crippen MR) is 101 cm³/mol. The highest BCUT2D eigenvalue weighted by molar-refractivity contribution is 7.10. The van der Waals surface area contributed by atoms with Crippen molar-refractivity contribution in [1.82, 2.24) is 19.6 Å². The van der Waals surface area contributed by atoms with E-state index >= 15 is 0 Å². The van der Waals surface area contributed by atoms with Gasteiger partial charge in [-0.3, -0.25) is 0 Å². The smallest absolute Gasteiger partial charge is 0.254 e. The Labute approximate surface area is 150 Å². The highest BCUT2D eigenvalue weighted by atomic mass is 32.1. The lowest BCUT2D eigenvalue weighted by atomic mass is 10.0. The van der Waals surface area contributed by atoms with Gasteiger partial charge in [0.1, 0.15) is 12.1 Å². The summed E-state index contributed by atoms with van der Waals surface area (Å²) in [6, 6.07) is 15.1. The lowest BCUT2D eigenvalue weighted by Crippen LogP contribution is -2.14. The minimum atomic E-state index is 0.0557. The number of rotatable bonds is 5. The van der Waals surface area contributed by atoms with Crippen molar-refractivity contribution in [1.29, 1.82) is 0 Å². The summed E-state index contributed by atoms with van der Waals surface area (Å²) in [5, 5.41) is 10.0. The summed E-state index contributed by atoms with van der Waals surface area (Å²) in [7, 11) is 0. The van der Waals surface area contributed by atoms with Crippen LogP contribution in [0.4, 0.5) is 5.82 Å². The van der Waals surface area contributed by atoms with Crippen LogP contribution in [0.25, 0.3) is 5.78 Å². The van der Waals surface area contributed by atoms with Crippen molar-refractivity contribution in [3.05, 3.63) is 75.9 Å². The van der Waals surface area contributed by atoms with Crippen LogP contribution >= 0.6 is 11.3 Å². The third-order valence-corrected chi connectivity index (χ3v) is 5.16. The van der Waals surface area contributed by atoms with E-state index in [0.29, 0.717) is 5.78 Å². The second-order valence-electron chi connectivity index (χ2n) is 5.94. The van der Waals surface area contributed by atoms with Crippen LogP contribution in [-0.2, 0) is 6.42 Å². The molecule has 0 fully saturated rings. The van der Waals surface area contributed by atoms with E-state index in [1.165, 1.54) is 22.3 Å². The molecule has 0 saturated carbocycles. The maximum atomic E-state index is 4.41. The molecule has 0 spiro atoms. The second kappa shape index (κ2) is 6.64. The van der Waals surface area contributed by atoms with Gasteiger partial charge >= 0.3 is 0 Å². The third kappa shape index (κ3) is 3.13. The zero-order valence-electron chi connectivity index (χ0n) is 14.2. The number of fused-ring (bicyclic) bond motifs is 1. The molecule has 4 rings (SSSR count). The van der Waals surface area contributed by atoms with Crippen LogP contribution in [0.2, 0.25) is 0 Å². The first-order valence-electron chi connectivity index (χ1n) is 8.31. The number of aromatic nitrogens is 4. The van der Waals surface area contributed by atoms with Crippen molar-refractivity contribution in [2.45, 2.75) is 26.3 Å². The maximum Gasteiger partial charge on any atom is 0.254 e. The van der Waals surface area contributed by atoms with Crippen LogP contribution < -0.4 is 5.32 Å². The van der Waals surface area contributed by atoms with E-state index in [4.69, 9.17) is 0 Å². The Balaban J connectivity index is 1.77. The molecular formula is C19H19N5S. The van der Waals surface area contributed by atoms with E-state index in [1.807, 2.05) is 13.0 Å². The molecule has 0 unspecified atom stereocenters. The number of nitrogens with one attached hydrogen (secondary N) is 1. The first kappa shape index (κ1) is 15.8. The molecule has 0 radical (unpaired) electrons. The Morgan fingerprint density at radius 2 is 2.04 bits per heavy atom. The summed E-state index contributed by atoms with van der Waals surface area (Å²) in [5.41, 5.74) is 3.48. The van der Waals surface area contributed by atoms with Crippen molar-refractivity contribution in [2.24, 2.45) is 0 Å². The number of anilines is 1. The molecule has 0 amide bonds. The van der Waals surface area contributed by atoms with Crippen LogP contribution in [0.1, 0.15) is 34.7 Å². The molecule has 4 aromatic rings. The molecule has 0 aliphatic carbocycles. The second-order valence-corrected chi connectivity index (χ2v) is 6.92. The number of aryl methyl sites for hydroxylation is 2. The van der Waals surface area contributed by atoms with Gasteiger partial charge in [-0.15, -0.1) is 11.3 Å². The van der Waals surface area contributed by atoms with Crippen LogP contribution in [0, 0.1) is 6.92 Å². The van der Waals surface area contributed by atoms with E-state index in [1.54, 1.807) is 15.9 Å². The summed E-state index contributed by atoms with van der Waals surface area (Å²) in [6.45, 7) is 4.14. The Hall–Kier alpha value is -2.73. The van der Waals surface area contributed by atoms with E-state index < -0.39 is 0 Å². The topological polar surface area (TPSA) is 55.1 Å². The largest absolute Gasteiger partial charge is 0.358 e. The highest BCUT2D eigenvalue weighted by Gasteiger charge is 2.17. The van der Waals surface area contributed by atoms with E-state index in [-0.39, 0.29) is 6.04 Å². The number of hydrogen-bond acceptors (Lipinski definition) is 5. The molecule has 1 atom stereocenters. The Morgan fingerprint density at radius 1 is 1.20 bits per heavy atom. The van der Waals surface area contributed by atoms with Crippen molar-refractivity contribution >= 4 is 22.9 Å². The zero-order valence-corrected chi connectivity index (χ0v) is 15.0. The van der Waals surface area contributed by atoms with Gasteiger partial charge in [0.2, 0.25) is 0 Å². The molecule has 5 nitrogen and oxygen atoms in total. The SMILES string of the molecule is CCc1ccc([C@@H](Nc2cc(C)nc3ncnn23)c2cccs2)cc1. The van der Waals surface area contributed by atoms with E-state index in [2.05, 4.69) is 69.1 Å². The number of benzene rings is 1. The molecule has 1 N–H and O–H groups in total. The van der Waals surface area contributed by atoms with Crippen molar-refractivity contribution < 1.29 is 0 Å². The normalized spacial score (nSPS) is 12.4. The van der Waals surface area contributed by atoms with Crippen LogP contribution in [0.5, 0.6) is 0 Å². The van der Waals surface area contributed by atoms with Gasteiger partial charge < -0.3 is 5.32 Å².